The van der Waals surface area contributed by atoms with E-state index in [-0.39, 0.29) is 17.6 Å². The first-order valence-electron chi connectivity index (χ1n) is 4.97. The molecule has 0 saturated carbocycles. The fraction of sp³-hybridized carbons (Fsp3) is 0.500. The lowest BCUT2D eigenvalue weighted by molar-refractivity contribution is -0.130. The molecule has 0 aliphatic rings. The van der Waals surface area contributed by atoms with Crippen molar-refractivity contribution in [3.63, 3.8) is 0 Å². The van der Waals surface area contributed by atoms with Gasteiger partial charge in [0.15, 0.2) is 5.69 Å². The lowest BCUT2D eigenvalue weighted by Crippen LogP contribution is -2.35. The number of rotatable bonds is 5. The van der Waals surface area contributed by atoms with E-state index in [1.54, 1.807) is 13.8 Å². The van der Waals surface area contributed by atoms with Gasteiger partial charge in [0.2, 0.25) is 5.91 Å². The molecule has 0 radical (unpaired) electrons. The van der Waals surface area contributed by atoms with E-state index in [1.165, 1.54) is 23.8 Å². The third-order valence-corrected chi connectivity index (χ3v) is 3.22. The molecule has 0 aliphatic carbocycles. The van der Waals surface area contributed by atoms with Crippen molar-refractivity contribution in [3.05, 3.63) is 16.1 Å². The van der Waals surface area contributed by atoms with Gasteiger partial charge in [-0.25, -0.2) is 9.78 Å². The maximum absolute atomic E-state index is 11.5. The second kappa shape index (κ2) is 5.74. The number of amides is 1. The molecule has 2 atom stereocenters. The Kier molecular flexibility index (Phi) is 4.59. The summed E-state index contributed by atoms with van der Waals surface area (Å²) in [6, 6.07) is -0.335. The van der Waals surface area contributed by atoms with Crippen LogP contribution < -0.4 is 5.32 Å². The van der Waals surface area contributed by atoms with Gasteiger partial charge in [-0.15, -0.1) is 11.3 Å². The summed E-state index contributed by atoms with van der Waals surface area (Å²) >= 11 is 1.20. The number of carbonyl (C=O) groups is 2. The van der Waals surface area contributed by atoms with Gasteiger partial charge in [0.05, 0.1) is 6.04 Å². The van der Waals surface area contributed by atoms with Crippen LogP contribution >= 0.6 is 11.3 Å². The molecule has 0 bridgehead atoms. The van der Waals surface area contributed by atoms with Crippen LogP contribution in [0.4, 0.5) is 0 Å². The molecule has 1 aromatic rings. The summed E-state index contributed by atoms with van der Waals surface area (Å²) in [4.78, 5) is 26.1. The second-order valence-corrected chi connectivity index (χ2v) is 4.37. The average Bonchev–Trinajstić information content (AvgIpc) is 2.77. The van der Waals surface area contributed by atoms with Crippen LogP contribution in [0.15, 0.2) is 5.38 Å². The highest BCUT2D eigenvalue weighted by atomic mass is 32.1. The lowest BCUT2D eigenvalue weighted by Gasteiger charge is -2.14. The van der Waals surface area contributed by atoms with Crippen molar-refractivity contribution in [1.29, 1.82) is 0 Å². The molecule has 2 unspecified atom stereocenters. The number of thiazole rings is 1. The van der Waals surface area contributed by atoms with Gasteiger partial charge in [0, 0.05) is 12.5 Å². The monoisotopic (exact) mass is 258 g/mol. The van der Waals surface area contributed by atoms with E-state index in [0.717, 1.165) is 0 Å². The fourth-order valence-corrected chi connectivity index (χ4v) is 1.88. The molecular formula is C10H14N2O4S. The predicted molar refractivity (Wildman–Crippen MR) is 62.1 cm³/mol. The van der Waals surface area contributed by atoms with Gasteiger partial charge >= 0.3 is 5.97 Å². The molecule has 17 heavy (non-hydrogen) atoms. The van der Waals surface area contributed by atoms with Crippen molar-refractivity contribution in [1.82, 2.24) is 10.3 Å². The molecule has 2 N–H and O–H groups in total. The van der Waals surface area contributed by atoms with Crippen molar-refractivity contribution in [2.75, 3.05) is 7.11 Å². The highest BCUT2D eigenvalue weighted by Crippen LogP contribution is 2.18. The molecule has 7 heteroatoms. The van der Waals surface area contributed by atoms with Gasteiger partial charge in [0.25, 0.3) is 0 Å². The van der Waals surface area contributed by atoms with Crippen LogP contribution in [0.2, 0.25) is 0 Å². The Morgan fingerprint density at radius 1 is 1.53 bits per heavy atom. The normalized spacial score (nSPS) is 14.1. The fourth-order valence-electron chi connectivity index (χ4n) is 1.08. The number of nitrogens with zero attached hydrogens (tertiary/aromatic N) is 1. The number of aromatic carboxylic acids is 1. The van der Waals surface area contributed by atoms with Crippen LogP contribution in [-0.4, -0.2) is 35.2 Å². The number of carboxylic acid groups (broad SMARTS) is 1. The summed E-state index contributed by atoms with van der Waals surface area (Å²) in [5, 5.41) is 13.4. The van der Waals surface area contributed by atoms with Crippen LogP contribution in [0.25, 0.3) is 0 Å². The number of hydrogen-bond donors (Lipinski definition) is 2. The first kappa shape index (κ1) is 13.6. The standard InChI is InChI=1S/C10H14N2O4S/c1-5(11-8(13)6(2)16-3)9-12-7(4-17-9)10(14)15/h4-6H,1-3H3,(H,11,13)(H,14,15). The van der Waals surface area contributed by atoms with Crippen LogP contribution in [0.1, 0.15) is 35.4 Å². The van der Waals surface area contributed by atoms with E-state index >= 15 is 0 Å². The molecule has 0 aliphatic heterocycles. The Morgan fingerprint density at radius 3 is 2.65 bits per heavy atom. The summed E-state index contributed by atoms with van der Waals surface area (Å²) in [5.41, 5.74) is -0.00844. The van der Waals surface area contributed by atoms with Crippen LogP contribution in [-0.2, 0) is 9.53 Å². The Morgan fingerprint density at radius 2 is 2.18 bits per heavy atom. The third-order valence-electron chi connectivity index (χ3n) is 2.19. The first-order valence-corrected chi connectivity index (χ1v) is 5.85. The Labute approximate surface area is 103 Å². The number of carbonyl (C=O) groups excluding carboxylic acids is 1. The summed E-state index contributed by atoms with van der Waals surface area (Å²) in [6.07, 6.45) is -0.545. The van der Waals surface area contributed by atoms with Crippen LogP contribution in [0.5, 0.6) is 0 Å². The number of nitrogens with one attached hydrogen (secondary N) is 1. The third kappa shape index (κ3) is 3.50. The van der Waals surface area contributed by atoms with Gasteiger partial charge in [0.1, 0.15) is 11.1 Å². The maximum Gasteiger partial charge on any atom is 0.355 e. The van der Waals surface area contributed by atoms with E-state index in [1.807, 2.05) is 0 Å². The van der Waals surface area contributed by atoms with Gasteiger partial charge < -0.3 is 15.2 Å². The molecule has 1 amide bonds. The van der Waals surface area contributed by atoms with Crippen LogP contribution in [0, 0.1) is 0 Å². The molecule has 1 rings (SSSR count). The smallest absolute Gasteiger partial charge is 0.355 e. The molecule has 0 aromatic carbocycles. The number of methoxy groups -OCH3 is 1. The Hall–Kier alpha value is -1.47. The minimum Gasteiger partial charge on any atom is -0.476 e. The van der Waals surface area contributed by atoms with Crippen molar-refractivity contribution in [3.8, 4) is 0 Å². The number of hydrogen-bond acceptors (Lipinski definition) is 5. The van der Waals surface area contributed by atoms with Crippen molar-refractivity contribution in [2.24, 2.45) is 0 Å². The quantitative estimate of drug-likeness (QED) is 0.824. The number of aromatic nitrogens is 1. The molecule has 0 spiro atoms. The minimum absolute atomic E-state index is 0.00844. The largest absolute Gasteiger partial charge is 0.476 e. The predicted octanol–water partition coefficient (Wildman–Crippen LogP) is 1.05. The average molecular weight is 258 g/mol. The first-order chi connectivity index (χ1) is 7.95. The highest BCUT2D eigenvalue weighted by molar-refractivity contribution is 7.09. The minimum atomic E-state index is -1.07. The van der Waals surface area contributed by atoms with E-state index in [9.17, 15) is 9.59 Å². The number of ether oxygens (including phenoxy) is 1. The number of carboxylic acids is 1. The molecular weight excluding hydrogens is 244 g/mol. The lowest BCUT2D eigenvalue weighted by atomic mass is 10.3. The summed E-state index contributed by atoms with van der Waals surface area (Å²) < 4.78 is 4.87. The van der Waals surface area contributed by atoms with Crippen molar-refractivity contribution in [2.45, 2.75) is 26.0 Å². The van der Waals surface area contributed by atoms with Gasteiger partial charge in [-0.1, -0.05) is 0 Å². The van der Waals surface area contributed by atoms with E-state index in [2.05, 4.69) is 10.3 Å². The zero-order valence-electron chi connectivity index (χ0n) is 9.76. The second-order valence-electron chi connectivity index (χ2n) is 3.48. The van der Waals surface area contributed by atoms with Crippen molar-refractivity contribution >= 4 is 23.2 Å². The topological polar surface area (TPSA) is 88.5 Å². The summed E-state index contributed by atoms with van der Waals surface area (Å²) in [6.45, 7) is 3.37. The van der Waals surface area contributed by atoms with Gasteiger partial charge in [-0.05, 0) is 13.8 Å². The van der Waals surface area contributed by atoms with E-state index in [4.69, 9.17) is 9.84 Å². The maximum atomic E-state index is 11.5. The van der Waals surface area contributed by atoms with E-state index in [0.29, 0.717) is 5.01 Å². The Balaban J connectivity index is 2.66. The van der Waals surface area contributed by atoms with Crippen molar-refractivity contribution < 1.29 is 19.4 Å². The Bertz CT molecular complexity index is 418. The highest BCUT2D eigenvalue weighted by Gasteiger charge is 2.18. The molecule has 1 aromatic heterocycles. The van der Waals surface area contributed by atoms with Gasteiger partial charge in [-0.2, -0.15) is 0 Å². The van der Waals surface area contributed by atoms with E-state index < -0.39 is 12.1 Å². The molecule has 1 heterocycles. The molecule has 0 saturated heterocycles. The van der Waals surface area contributed by atoms with Gasteiger partial charge in [-0.3, -0.25) is 4.79 Å². The summed E-state index contributed by atoms with van der Waals surface area (Å²) in [5.74, 6) is -1.33. The summed E-state index contributed by atoms with van der Waals surface area (Å²) in [7, 11) is 1.45. The zero-order chi connectivity index (χ0) is 13.0. The van der Waals surface area contributed by atoms with Crippen LogP contribution in [0.3, 0.4) is 0 Å². The molecule has 0 fully saturated rings. The SMILES string of the molecule is COC(C)C(=O)NC(C)c1nc(C(=O)O)cs1. The molecule has 6 nitrogen and oxygen atoms in total. The zero-order valence-corrected chi connectivity index (χ0v) is 10.6. The molecule has 94 valence electrons.